The van der Waals surface area contributed by atoms with Crippen molar-refractivity contribution < 1.29 is 9.53 Å². The number of nitrogens with zero attached hydrogens (tertiary/aromatic N) is 3. The quantitative estimate of drug-likeness (QED) is 0.567. The maximum atomic E-state index is 13.4. The fourth-order valence-electron chi connectivity index (χ4n) is 4.14. The number of nitrogen functional groups attached to an aromatic ring is 1. The Labute approximate surface area is 187 Å². The highest BCUT2D eigenvalue weighted by atomic mass is 16.5. The van der Waals surface area contributed by atoms with E-state index in [0.29, 0.717) is 19.1 Å². The van der Waals surface area contributed by atoms with Gasteiger partial charge in [-0.2, -0.15) is 0 Å². The number of nitrogens with one attached hydrogen (secondary N) is 1. The number of aromatic amines is 1. The van der Waals surface area contributed by atoms with Crippen molar-refractivity contribution in [3.05, 3.63) is 56.7 Å². The van der Waals surface area contributed by atoms with E-state index in [1.807, 2.05) is 30.3 Å². The lowest BCUT2D eigenvalue weighted by Gasteiger charge is -2.34. The Bertz CT molecular complexity index is 1020. The van der Waals surface area contributed by atoms with Crippen LogP contribution in [0.3, 0.4) is 0 Å². The van der Waals surface area contributed by atoms with Crippen molar-refractivity contribution in [2.45, 2.75) is 45.2 Å². The molecule has 1 atom stereocenters. The van der Waals surface area contributed by atoms with Gasteiger partial charge in [0.15, 0.2) is 5.69 Å². The molecule has 1 fully saturated rings. The molecule has 1 aliphatic heterocycles. The maximum absolute atomic E-state index is 13.4. The largest absolute Gasteiger partial charge is 0.385 e. The molecule has 0 saturated carbocycles. The number of aromatic nitrogens is 2. The van der Waals surface area contributed by atoms with Gasteiger partial charge in [0.25, 0.3) is 5.56 Å². The fourth-order valence-corrected chi connectivity index (χ4v) is 4.14. The molecule has 9 nitrogen and oxygen atoms in total. The van der Waals surface area contributed by atoms with Gasteiger partial charge in [-0.3, -0.25) is 24.0 Å². The average molecular weight is 444 g/mol. The molecule has 2 aromatic rings. The van der Waals surface area contributed by atoms with Gasteiger partial charge >= 0.3 is 5.69 Å². The summed E-state index contributed by atoms with van der Waals surface area (Å²) in [7, 11) is 1.59. The van der Waals surface area contributed by atoms with Gasteiger partial charge in [-0.25, -0.2) is 4.79 Å². The summed E-state index contributed by atoms with van der Waals surface area (Å²) in [5.74, 6) is -0.225. The van der Waals surface area contributed by atoms with Crippen molar-refractivity contribution in [3.63, 3.8) is 0 Å². The zero-order valence-corrected chi connectivity index (χ0v) is 18.9. The topological polar surface area (TPSA) is 114 Å². The summed E-state index contributed by atoms with van der Waals surface area (Å²) in [6.45, 7) is 4.06. The highest BCUT2D eigenvalue weighted by molar-refractivity contribution is 5.96. The Morgan fingerprint density at radius 3 is 2.69 bits per heavy atom. The minimum absolute atomic E-state index is 0.0138. The number of H-pyrrole nitrogens is 1. The third-order valence-electron chi connectivity index (χ3n) is 5.98. The van der Waals surface area contributed by atoms with E-state index in [9.17, 15) is 14.4 Å². The van der Waals surface area contributed by atoms with Crippen molar-refractivity contribution in [1.82, 2.24) is 14.5 Å². The smallest absolute Gasteiger partial charge is 0.330 e. The summed E-state index contributed by atoms with van der Waals surface area (Å²) in [5, 5.41) is 0. The lowest BCUT2D eigenvalue weighted by atomic mass is 10.0. The number of hydrogen-bond acceptors (Lipinski definition) is 6. The van der Waals surface area contributed by atoms with Crippen LogP contribution in [0.1, 0.15) is 38.2 Å². The first kappa shape index (κ1) is 23.7. The minimum atomic E-state index is -0.658. The van der Waals surface area contributed by atoms with Crippen LogP contribution in [0.5, 0.6) is 0 Å². The van der Waals surface area contributed by atoms with E-state index in [1.165, 1.54) is 9.47 Å². The molecule has 1 unspecified atom stereocenters. The highest BCUT2D eigenvalue weighted by Gasteiger charge is 2.28. The van der Waals surface area contributed by atoms with Crippen molar-refractivity contribution in [1.29, 1.82) is 0 Å². The second kappa shape index (κ2) is 11.1. The average Bonchev–Trinajstić information content (AvgIpc) is 2.77. The number of nitrogens with two attached hydrogens (primary N) is 1. The summed E-state index contributed by atoms with van der Waals surface area (Å²) >= 11 is 0. The van der Waals surface area contributed by atoms with Gasteiger partial charge in [0.1, 0.15) is 5.82 Å². The van der Waals surface area contributed by atoms with Gasteiger partial charge in [0, 0.05) is 26.3 Å². The lowest BCUT2D eigenvalue weighted by Crippen LogP contribution is -2.48. The number of carbonyl (C=O) groups is 1. The van der Waals surface area contributed by atoms with Gasteiger partial charge in [-0.15, -0.1) is 0 Å². The van der Waals surface area contributed by atoms with E-state index in [1.54, 1.807) is 7.11 Å². The van der Waals surface area contributed by atoms with Gasteiger partial charge in [-0.1, -0.05) is 36.8 Å². The molecule has 1 aromatic heterocycles. The van der Waals surface area contributed by atoms with E-state index in [0.717, 1.165) is 31.4 Å². The van der Waals surface area contributed by atoms with E-state index in [4.69, 9.17) is 10.5 Å². The molecule has 1 aliphatic rings. The number of amides is 1. The van der Waals surface area contributed by atoms with Crippen molar-refractivity contribution in [2.75, 3.05) is 44.0 Å². The molecule has 2 heterocycles. The number of rotatable bonds is 9. The summed E-state index contributed by atoms with van der Waals surface area (Å²) < 4.78 is 6.43. The molecule has 0 bridgehead atoms. The second-order valence-electron chi connectivity index (χ2n) is 8.27. The maximum Gasteiger partial charge on any atom is 0.330 e. The molecule has 32 heavy (non-hydrogen) atoms. The van der Waals surface area contributed by atoms with Gasteiger partial charge in [0.2, 0.25) is 5.91 Å². The van der Waals surface area contributed by atoms with Crippen LogP contribution in [0, 0.1) is 0 Å². The third-order valence-corrected chi connectivity index (χ3v) is 5.98. The number of piperidine rings is 1. The minimum Gasteiger partial charge on any atom is -0.385 e. The Balaban J connectivity index is 1.95. The van der Waals surface area contributed by atoms with E-state index in [2.05, 4.69) is 16.8 Å². The van der Waals surface area contributed by atoms with Gasteiger partial charge < -0.3 is 15.4 Å². The first-order valence-electron chi connectivity index (χ1n) is 11.1. The number of carbonyl (C=O) groups excluding carboxylic acids is 1. The molecule has 0 radical (unpaired) electrons. The molecule has 174 valence electrons. The predicted octanol–water partition coefficient (Wildman–Crippen LogP) is 1.41. The molecule has 3 N–H and O–H groups in total. The fraction of sp³-hybridized carbons (Fsp3) is 0.522. The van der Waals surface area contributed by atoms with E-state index < -0.39 is 11.2 Å². The molecule has 3 rings (SSSR count). The first-order chi connectivity index (χ1) is 15.4. The first-order valence-corrected chi connectivity index (χ1v) is 11.1. The van der Waals surface area contributed by atoms with Crippen LogP contribution in [0.25, 0.3) is 0 Å². The zero-order valence-electron chi connectivity index (χ0n) is 18.9. The van der Waals surface area contributed by atoms with Crippen molar-refractivity contribution >= 4 is 17.4 Å². The van der Waals surface area contributed by atoms with Crippen molar-refractivity contribution in [3.8, 4) is 0 Å². The molecular weight excluding hydrogens is 410 g/mol. The van der Waals surface area contributed by atoms with Crippen LogP contribution < -0.4 is 21.9 Å². The van der Waals surface area contributed by atoms with E-state index in [-0.39, 0.29) is 37.0 Å². The molecule has 9 heteroatoms. The number of benzene rings is 1. The van der Waals surface area contributed by atoms with Crippen molar-refractivity contribution in [2.24, 2.45) is 0 Å². The molecule has 0 aliphatic carbocycles. The van der Waals surface area contributed by atoms with Crippen LogP contribution in [0.2, 0.25) is 0 Å². The van der Waals surface area contributed by atoms with Crippen LogP contribution >= 0.6 is 0 Å². The van der Waals surface area contributed by atoms with Crippen LogP contribution in [0.4, 0.5) is 11.5 Å². The van der Waals surface area contributed by atoms with Crippen LogP contribution in [-0.4, -0.2) is 59.8 Å². The van der Waals surface area contributed by atoms with E-state index >= 15 is 0 Å². The Kier molecular flexibility index (Phi) is 8.24. The zero-order chi connectivity index (χ0) is 23.1. The standard InChI is InChI=1S/C23H33N5O4/c1-17-9-6-7-12-26(17)16-19(29)27(13-8-14-32-2)20-21(24)28(23(31)25-22(20)30)15-18-10-4-3-5-11-18/h3-5,10-11,17H,6-9,12-16,24H2,1-2H3,(H,25,30,31). The number of methoxy groups -OCH3 is 1. The van der Waals surface area contributed by atoms with Gasteiger partial charge in [0.05, 0.1) is 13.1 Å². The Morgan fingerprint density at radius 1 is 1.25 bits per heavy atom. The Hall–Kier alpha value is -2.91. The number of likely N-dealkylation sites (tertiary alicyclic amines) is 1. The molecule has 1 saturated heterocycles. The third kappa shape index (κ3) is 5.66. The molecule has 0 spiro atoms. The number of ether oxygens (including phenoxy) is 1. The Morgan fingerprint density at radius 2 is 2.00 bits per heavy atom. The monoisotopic (exact) mass is 443 g/mol. The summed E-state index contributed by atoms with van der Waals surface area (Å²) in [6, 6.07) is 9.65. The normalized spacial score (nSPS) is 16.8. The summed E-state index contributed by atoms with van der Waals surface area (Å²) in [6.07, 6.45) is 3.78. The van der Waals surface area contributed by atoms with Crippen LogP contribution in [-0.2, 0) is 16.1 Å². The summed E-state index contributed by atoms with van der Waals surface area (Å²) in [4.78, 5) is 44.6. The molecular formula is C23H33N5O4. The number of hydrogen-bond donors (Lipinski definition) is 2. The number of anilines is 2. The molecule has 1 amide bonds. The van der Waals surface area contributed by atoms with Crippen LogP contribution in [0.15, 0.2) is 39.9 Å². The molecule has 1 aromatic carbocycles. The summed E-state index contributed by atoms with van der Waals surface area (Å²) in [5.41, 5.74) is 5.96. The highest BCUT2D eigenvalue weighted by Crippen LogP contribution is 2.21. The second-order valence-corrected chi connectivity index (χ2v) is 8.27. The predicted molar refractivity (Wildman–Crippen MR) is 125 cm³/mol. The SMILES string of the molecule is COCCCN(C(=O)CN1CCCCC1C)c1c(N)n(Cc2ccccc2)c(=O)[nH]c1=O. The lowest BCUT2D eigenvalue weighted by molar-refractivity contribution is -0.120. The van der Waals surface area contributed by atoms with Gasteiger partial charge in [-0.05, 0) is 38.3 Å².